The second kappa shape index (κ2) is 62.4. The number of carbonyl (C=O) groups excluding carboxylic acids is 3. The molecule has 0 spiro atoms. The predicted octanol–water partition coefficient (Wildman–Crippen LogP) is 21.7. The van der Waals surface area contributed by atoms with Crippen LogP contribution in [0.4, 0.5) is 0 Å². The predicted molar refractivity (Wildman–Crippen MR) is 321 cm³/mol. The lowest BCUT2D eigenvalue weighted by molar-refractivity contribution is -0.167. The van der Waals surface area contributed by atoms with Gasteiger partial charge < -0.3 is 14.2 Å². The minimum atomic E-state index is -0.789. The Kier molecular flexibility index (Phi) is 59.7. The molecule has 0 bridgehead atoms. The quantitative estimate of drug-likeness (QED) is 0.0261. The highest BCUT2D eigenvalue weighted by molar-refractivity contribution is 5.71. The summed E-state index contributed by atoms with van der Waals surface area (Å²) in [5.41, 5.74) is 0. The van der Waals surface area contributed by atoms with E-state index in [-0.39, 0.29) is 31.1 Å². The summed E-state index contributed by atoms with van der Waals surface area (Å²) in [6, 6.07) is 0. The number of hydrogen-bond donors (Lipinski definition) is 0. The van der Waals surface area contributed by atoms with Crippen LogP contribution in [-0.2, 0) is 28.6 Å². The van der Waals surface area contributed by atoms with Crippen molar-refractivity contribution in [3.05, 3.63) is 72.9 Å². The van der Waals surface area contributed by atoms with Crippen LogP contribution in [0.3, 0.4) is 0 Å². The number of allylic oxidation sites excluding steroid dienone is 12. The molecule has 0 amide bonds. The zero-order chi connectivity index (χ0) is 53.6. The first-order chi connectivity index (χ1) is 36.5. The fourth-order valence-corrected chi connectivity index (χ4v) is 9.17. The molecule has 0 aromatic heterocycles. The lowest BCUT2D eigenvalue weighted by Crippen LogP contribution is -2.30. The van der Waals surface area contributed by atoms with E-state index in [9.17, 15) is 14.4 Å². The summed E-state index contributed by atoms with van der Waals surface area (Å²) in [6.07, 6.45) is 80.5. The number of esters is 3. The van der Waals surface area contributed by atoms with Crippen molar-refractivity contribution < 1.29 is 28.6 Å². The first kappa shape index (κ1) is 70.8. The zero-order valence-electron chi connectivity index (χ0n) is 49.1. The lowest BCUT2D eigenvalue weighted by atomic mass is 10.0. The molecule has 1 atom stereocenters. The van der Waals surface area contributed by atoms with Gasteiger partial charge in [0.05, 0.1) is 0 Å². The van der Waals surface area contributed by atoms with Crippen molar-refractivity contribution in [2.24, 2.45) is 0 Å². The van der Waals surface area contributed by atoms with E-state index in [4.69, 9.17) is 14.2 Å². The summed E-state index contributed by atoms with van der Waals surface area (Å²) >= 11 is 0. The molecule has 6 nitrogen and oxygen atoms in total. The van der Waals surface area contributed by atoms with Crippen LogP contribution < -0.4 is 0 Å². The van der Waals surface area contributed by atoms with Gasteiger partial charge in [0.25, 0.3) is 0 Å². The van der Waals surface area contributed by atoms with E-state index < -0.39 is 6.10 Å². The highest BCUT2D eigenvalue weighted by atomic mass is 16.6. The minimum absolute atomic E-state index is 0.0830. The molecule has 0 aromatic carbocycles. The molecular formula is C68H120O6. The molecule has 0 saturated carbocycles. The Morgan fingerprint density at radius 3 is 0.824 bits per heavy atom. The van der Waals surface area contributed by atoms with Crippen molar-refractivity contribution in [2.75, 3.05) is 13.2 Å². The van der Waals surface area contributed by atoms with Crippen LogP contribution >= 0.6 is 0 Å². The average Bonchev–Trinajstić information content (AvgIpc) is 3.40. The van der Waals surface area contributed by atoms with Gasteiger partial charge in [-0.05, 0) is 89.9 Å². The summed E-state index contributed by atoms with van der Waals surface area (Å²) in [7, 11) is 0. The second-order valence-corrected chi connectivity index (χ2v) is 21.3. The molecule has 1 unspecified atom stereocenters. The van der Waals surface area contributed by atoms with Crippen LogP contribution in [-0.4, -0.2) is 37.2 Å². The third-order valence-electron chi connectivity index (χ3n) is 13.9. The van der Waals surface area contributed by atoms with Crippen molar-refractivity contribution in [3.63, 3.8) is 0 Å². The minimum Gasteiger partial charge on any atom is -0.462 e. The Morgan fingerprint density at radius 1 is 0.284 bits per heavy atom. The highest BCUT2D eigenvalue weighted by Crippen LogP contribution is 2.17. The number of ether oxygens (including phenoxy) is 3. The monoisotopic (exact) mass is 1030 g/mol. The van der Waals surface area contributed by atoms with Crippen molar-refractivity contribution in [2.45, 2.75) is 329 Å². The Hall–Kier alpha value is -3.15. The van der Waals surface area contributed by atoms with Crippen molar-refractivity contribution in [1.82, 2.24) is 0 Å². The van der Waals surface area contributed by atoms with Crippen molar-refractivity contribution in [1.29, 1.82) is 0 Å². The van der Waals surface area contributed by atoms with E-state index in [1.54, 1.807) is 0 Å². The lowest BCUT2D eigenvalue weighted by Gasteiger charge is -2.18. The maximum atomic E-state index is 12.9. The molecule has 0 rings (SSSR count). The normalized spacial score (nSPS) is 12.5. The molecule has 0 radical (unpaired) electrons. The Morgan fingerprint density at radius 2 is 0.527 bits per heavy atom. The van der Waals surface area contributed by atoms with E-state index in [0.717, 1.165) is 103 Å². The van der Waals surface area contributed by atoms with Crippen LogP contribution in [0.25, 0.3) is 0 Å². The van der Waals surface area contributed by atoms with Gasteiger partial charge in [-0.15, -0.1) is 0 Å². The van der Waals surface area contributed by atoms with E-state index in [0.29, 0.717) is 19.3 Å². The standard InChI is InChI=1S/C68H120O6/c1-4-7-10-13-16-19-22-25-28-31-32-33-34-35-36-38-40-43-46-49-52-55-58-61-67(70)73-64-65(63-72-66(69)60-57-54-51-48-45-42-39-30-27-24-21-18-15-12-9-6-3)74-68(71)62-59-56-53-50-47-44-41-37-29-26-23-20-17-14-11-8-5-2/h8,11,17,20,22,25-26,29,31-32,41,44,65H,4-7,9-10,12-16,18-19,21,23-24,27-28,30,33-40,42-43,45-64H2,1-3H3/b11-8-,20-17-,25-22-,29-26-,32-31-,44-41-. The van der Waals surface area contributed by atoms with E-state index in [1.807, 2.05) is 0 Å². The van der Waals surface area contributed by atoms with Crippen LogP contribution in [0.2, 0.25) is 0 Å². The molecule has 74 heavy (non-hydrogen) atoms. The third-order valence-corrected chi connectivity index (χ3v) is 13.9. The van der Waals surface area contributed by atoms with Crippen molar-refractivity contribution in [3.8, 4) is 0 Å². The summed E-state index contributed by atoms with van der Waals surface area (Å²) in [5, 5.41) is 0. The molecule has 0 aromatic rings. The van der Waals surface area contributed by atoms with Gasteiger partial charge in [0.1, 0.15) is 13.2 Å². The molecule has 0 aliphatic rings. The number of hydrogen-bond acceptors (Lipinski definition) is 6. The smallest absolute Gasteiger partial charge is 0.306 e. The second-order valence-electron chi connectivity index (χ2n) is 21.3. The molecule has 0 saturated heterocycles. The van der Waals surface area contributed by atoms with Crippen LogP contribution in [0.1, 0.15) is 323 Å². The third kappa shape index (κ3) is 59.7. The molecule has 0 N–H and O–H groups in total. The number of unbranched alkanes of at least 4 members (excludes halogenated alkanes) is 35. The van der Waals surface area contributed by atoms with Gasteiger partial charge in [-0.25, -0.2) is 0 Å². The Labute approximate surface area is 459 Å². The largest absolute Gasteiger partial charge is 0.462 e. The summed E-state index contributed by atoms with van der Waals surface area (Å²) in [5.74, 6) is -0.893. The summed E-state index contributed by atoms with van der Waals surface area (Å²) < 4.78 is 16.9. The molecular weight excluding hydrogens is 913 g/mol. The zero-order valence-corrected chi connectivity index (χ0v) is 49.1. The fraction of sp³-hybridized carbons (Fsp3) is 0.779. The fourth-order valence-electron chi connectivity index (χ4n) is 9.17. The van der Waals surface area contributed by atoms with Gasteiger partial charge in [-0.1, -0.05) is 286 Å². The van der Waals surface area contributed by atoms with Gasteiger partial charge in [0, 0.05) is 19.3 Å². The number of rotatable bonds is 58. The topological polar surface area (TPSA) is 78.9 Å². The molecule has 0 fully saturated rings. The summed E-state index contributed by atoms with van der Waals surface area (Å²) in [4.78, 5) is 38.3. The molecule has 428 valence electrons. The van der Waals surface area contributed by atoms with Crippen LogP contribution in [0, 0.1) is 0 Å². The van der Waals surface area contributed by atoms with E-state index in [2.05, 4.69) is 93.7 Å². The first-order valence-corrected chi connectivity index (χ1v) is 31.9. The molecule has 0 heterocycles. The van der Waals surface area contributed by atoms with E-state index in [1.165, 1.54) is 180 Å². The van der Waals surface area contributed by atoms with Crippen LogP contribution in [0.5, 0.6) is 0 Å². The first-order valence-electron chi connectivity index (χ1n) is 31.9. The van der Waals surface area contributed by atoms with E-state index >= 15 is 0 Å². The van der Waals surface area contributed by atoms with Gasteiger partial charge >= 0.3 is 17.9 Å². The van der Waals surface area contributed by atoms with Gasteiger partial charge in [-0.2, -0.15) is 0 Å². The average molecular weight is 1030 g/mol. The van der Waals surface area contributed by atoms with Gasteiger partial charge in [-0.3, -0.25) is 14.4 Å². The molecule has 0 aliphatic carbocycles. The molecule has 6 heteroatoms. The highest BCUT2D eigenvalue weighted by Gasteiger charge is 2.19. The number of carbonyl (C=O) groups is 3. The Balaban J connectivity index is 4.36. The maximum absolute atomic E-state index is 12.9. The Bertz CT molecular complexity index is 1370. The maximum Gasteiger partial charge on any atom is 0.306 e. The summed E-state index contributed by atoms with van der Waals surface area (Å²) in [6.45, 7) is 6.54. The molecule has 0 aliphatic heterocycles. The van der Waals surface area contributed by atoms with Crippen LogP contribution in [0.15, 0.2) is 72.9 Å². The SMILES string of the molecule is CC/C=C\C/C=C\C/C=C\C/C=C\CCCCCCC(=O)OC(COC(=O)CCCCCCCCCCCCC/C=C\C/C=C\CCCCCCC)COC(=O)CCCCCCCCCCCCCCCCCC. The van der Waals surface area contributed by atoms with Gasteiger partial charge in [0.15, 0.2) is 6.10 Å². The van der Waals surface area contributed by atoms with Crippen molar-refractivity contribution >= 4 is 17.9 Å². The van der Waals surface area contributed by atoms with Gasteiger partial charge in [0.2, 0.25) is 0 Å².